The van der Waals surface area contributed by atoms with E-state index in [0.717, 1.165) is 18.6 Å². The lowest BCUT2D eigenvalue weighted by molar-refractivity contribution is -0.120. The number of likely N-dealkylation sites (N-methyl/N-ethyl adjacent to an activating group) is 1. The van der Waals surface area contributed by atoms with E-state index in [1.807, 2.05) is 19.2 Å². The van der Waals surface area contributed by atoms with Crippen molar-refractivity contribution in [2.24, 2.45) is 0 Å². The Bertz CT molecular complexity index is 376. The van der Waals surface area contributed by atoms with Crippen LogP contribution in [0.15, 0.2) is 24.3 Å². The van der Waals surface area contributed by atoms with E-state index in [9.17, 15) is 4.79 Å². The first-order valence-electron chi connectivity index (χ1n) is 6.75. The largest absolute Gasteiger partial charge is 0.494 e. The van der Waals surface area contributed by atoms with Gasteiger partial charge in [0, 0.05) is 19.5 Å². The first-order chi connectivity index (χ1) is 9.15. The molecule has 1 aromatic carbocycles. The van der Waals surface area contributed by atoms with Crippen LogP contribution in [-0.2, 0) is 11.2 Å². The number of rotatable bonds is 8. The molecule has 0 aliphatic rings. The second-order valence-electron chi connectivity index (χ2n) is 4.66. The number of benzene rings is 1. The minimum Gasteiger partial charge on any atom is -0.494 e. The van der Waals surface area contributed by atoms with Gasteiger partial charge in [-0.1, -0.05) is 12.1 Å². The van der Waals surface area contributed by atoms with Gasteiger partial charge in [-0.3, -0.25) is 4.79 Å². The number of carbonyl (C=O) groups excluding carboxylic acids is 1. The second kappa shape index (κ2) is 8.53. The molecule has 4 heteroatoms. The SMILES string of the molecule is CNC(=O)CCCOc1ccc(CC(C)NC)cc1. The minimum atomic E-state index is 0.0556. The topological polar surface area (TPSA) is 50.4 Å². The van der Waals surface area contributed by atoms with Gasteiger partial charge in [0.2, 0.25) is 5.91 Å². The molecule has 1 atom stereocenters. The molecule has 0 heterocycles. The molecule has 0 saturated heterocycles. The van der Waals surface area contributed by atoms with Gasteiger partial charge in [0.1, 0.15) is 5.75 Å². The van der Waals surface area contributed by atoms with Gasteiger partial charge in [-0.05, 0) is 44.5 Å². The van der Waals surface area contributed by atoms with Gasteiger partial charge in [-0.25, -0.2) is 0 Å². The highest BCUT2D eigenvalue weighted by molar-refractivity contribution is 5.75. The van der Waals surface area contributed by atoms with E-state index in [1.165, 1.54) is 5.56 Å². The molecule has 0 spiro atoms. The quantitative estimate of drug-likeness (QED) is 0.703. The van der Waals surface area contributed by atoms with Crippen LogP contribution < -0.4 is 15.4 Å². The summed E-state index contributed by atoms with van der Waals surface area (Å²) in [5.74, 6) is 0.915. The van der Waals surface area contributed by atoms with Crippen LogP contribution in [0, 0.1) is 0 Å². The Morgan fingerprint density at radius 1 is 1.26 bits per heavy atom. The Kier molecular flexibility index (Phi) is 6.97. The van der Waals surface area contributed by atoms with Crippen LogP contribution in [0.1, 0.15) is 25.3 Å². The first-order valence-corrected chi connectivity index (χ1v) is 6.75. The number of amides is 1. The summed E-state index contributed by atoms with van der Waals surface area (Å²) in [5, 5.41) is 5.81. The van der Waals surface area contributed by atoms with Crippen molar-refractivity contribution >= 4 is 5.91 Å². The number of hydrogen-bond donors (Lipinski definition) is 2. The fraction of sp³-hybridized carbons (Fsp3) is 0.533. The molecule has 4 nitrogen and oxygen atoms in total. The van der Waals surface area contributed by atoms with E-state index in [1.54, 1.807) is 7.05 Å². The average Bonchev–Trinajstić information content (AvgIpc) is 2.44. The smallest absolute Gasteiger partial charge is 0.219 e. The number of ether oxygens (including phenoxy) is 1. The molecule has 0 saturated carbocycles. The normalized spacial score (nSPS) is 11.9. The summed E-state index contributed by atoms with van der Waals surface area (Å²) < 4.78 is 5.59. The third-order valence-corrected chi connectivity index (χ3v) is 3.05. The molecule has 1 rings (SSSR count). The summed E-state index contributed by atoms with van der Waals surface area (Å²) in [6.07, 6.45) is 2.25. The van der Waals surface area contributed by atoms with Gasteiger partial charge < -0.3 is 15.4 Å². The first kappa shape index (κ1) is 15.5. The zero-order chi connectivity index (χ0) is 14.1. The predicted octanol–water partition coefficient (Wildman–Crippen LogP) is 1.74. The fourth-order valence-corrected chi connectivity index (χ4v) is 1.73. The highest BCUT2D eigenvalue weighted by Gasteiger charge is 2.02. The summed E-state index contributed by atoms with van der Waals surface area (Å²) in [7, 11) is 3.61. The molecule has 106 valence electrons. The molecule has 0 radical (unpaired) electrons. The zero-order valence-corrected chi connectivity index (χ0v) is 12.0. The van der Waals surface area contributed by atoms with Gasteiger partial charge in [0.15, 0.2) is 0 Å². The molecule has 0 aromatic heterocycles. The van der Waals surface area contributed by atoms with Crippen LogP contribution in [0.3, 0.4) is 0 Å². The van der Waals surface area contributed by atoms with Crippen molar-refractivity contribution in [1.82, 2.24) is 10.6 Å². The standard InChI is InChI=1S/C15H24N2O2/c1-12(16-2)11-13-6-8-14(9-7-13)19-10-4-5-15(18)17-3/h6-9,12,16H,4-5,10-11H2,1-3H3,(H,17,18). The van der Waals surface area contributed by atoms with Crippen LogP contribution in [-0.4, -0.2) is 32.7 Å². The van der Waals surface area contributed by atoms with Crippen LogP contribution in [0.4, 0.5) is 0 Å². The highest BCUT2D eigenvalue weighted by Crippen LogP contribution is 2.13. The lowest BCUT2D eigenvalue weighted by Crippen LogP contribution is -2.23. The molecule has 0 aliphatic carbocycles. The van der Waals surface area contributed by atoms with Crippen LogP contribution in [0.2, 0.25) is 0 Å². The van der Waals surface area contributed by atoms with E-state index in [4.69, 9.17) is 4.74 Å². The van der Waals surface area contributed by atoms with Crippen molar-refractivity contribution in [2.75, 3.05) is 20.7 Å². The molecular formula is C15H24N2O2. The van der Waals surface area contributed by atoms with Crippen molar-refractivity contribution in [2.45, 2.75) is 32.2 Å². The van der Waals surface area contributed by atoms with Gasteiger partial charge in [0.05, 0.1) is 6.61 Å². The van der Waals surface area contributed by atoms with Crippen LogP contribution in [0.25, 0.3) is 0 Å². The maximum Gasteiger partial charge on any atom is 0.219 e. The summed E-state index contributed by atoms with van der Waals surface area (Å²) >= 11 is 0. The molecule has 0 bridgehead atoms. The van der Waals surface area contributed by atoms with Crippen molar-refractivity contribution in [3.63, 3.8) is 0 Å². The van der Waals surface area contributed by atoms with E-state index < -0.39 is 0 Å². The van der Waals surface area contributed by atoms with E-state index >= 15 is 0 Å². The third kappa shape index (κ3) is 6.25. The van der Waals surface area contributed by atoms with Gasteiger partial charge in [0.25, 0.3) is 0 Å². The molecule has 1 aromatic rings. The van der Waals surface area contributed by atoms with Crippen LogP contribution >= 0.6 is 0 Å². The molecule has 1 amide bonds. The average molecular weight is 264 g/mol. The number of hydrogen-bond acceptors (Lipinski definition) is 3. The molecular weight excluding hydrogens is 240 g/mol. The predicted molar refractivity (Wildman–Crippen MR) is 77.5 cm³/mol. The molecule has 19 heavy (non-hydrogen) atoms. The lowest BCUT2D eigenvalue weighted by atomic mass is 10.1. The monoisotopic (exact) mass is 264 g/mol. The third-order valence-electron chi connectivity index (χ3n) is 3.05. The Morgan fingerprint density at radius 3 is 2.53 bits per heavy atom. The fourth-order valence-electron chi connectivity index (χ4n) is 1.73. The Labute approximate surface area is 115 Å². The summed E-state index contributed by atoms with van der Waals surface area (Å²) in [6, 6.07) is 8.61. The number of carbonyl (C=O) groups is 1. The van der Waals surface area contributed by atoms with Crippen molar-refractivity contribution < 1.29 is 9.53 Å². The maximum atomic E-state index is 11.0. The van der Waals surface area contributed by atoms with E-state index in [2.05, 4.69) is 29.7 Å². The summed E-state index contributed by atoms with van der Waals surface area (Å²) in [6.45, 7) is 2.73. The summed E-state index contributed by atoms with van der Waals surface area (Å²) in [5.41, 5.74) is 1.29. The Balaban J connectivity index is 2.30. The zero-order valence-electron chi connectivity index (χ0n) is 12.0. The number of nitrogens with one attached hydrogen (secondary N) is 2. The van der Waals surface area contributed by atoms with Crippen molar-refractivity contribution in [3.8, 4) is 5.75 Å². The Morgan fingerprint density at radius 2 is 1.95 bits per heavy atom. The maximum absolute atomic E-state index is 11.0. The van der Waals surface area contributed by atoms with Gasteiger partial charge in [-0.15, -0.1) is 0 Å². The van der Waals surface area contributed by atoms with Gasteiger partial charge in [-0.2, -0.15) is 0 Å². The van der Waals surface area contributed by atoms with E-state index in [0.29, 0.717) is 19.1 Å². The van der Waals surface area contributed by atoms with Crippen molar-refractivity contribution in [1.29, 1.82) is 0 Å². The molecule has 2 N–H and O–H groups in total. The second-order valence-corrected chi connectivity index (χ2v) is 4.66. The summed E-state index contributed by atoms with van der Waals surface area (Å²) in [4.78, 5) is 11.0. The minimum absolute atomic E-state index is 0.0556. The van der Waals surface area contributed by atoms with E-state index in [-0.39, 0.29) is 5.91 Å². The van der Waals surface area contributed by atoms with Crippen LogP contribution in [0.5, 0.6) is 5.75 Å². The molecule has 1 unspecified atom stereocenters. The Hall–Kier alpha value is -1.55. The highest BCUT2D eigenvalue weighted by atomic mass is 16.5. The molecule has 0 aliphatic heterocycles. The van der Waals surface area contributed by atoms with Gasteiger partial charge >= 0.3 is 0 Å². The van der Waals surface area contributed by atoms with Crippen molar-refractivity contribution in [3.05, 3.63) is 29.8 Å². The molecule has 0 fully saturated rings. The lowest BCUT2D eigenvalue weighted by Gasteiger charge is -2.11.